The van der Waals surface area contributed by atoms with Gasteiger partial charge in [-0.1, -0.05) is 20.3 Å². The van der Waals surface area contributed by atoms with Gasteiger partial charge in [0.1, 0.15) is 0 Å². The van der Waals surface area contributed by atoms with Crippen molar-refractivity contribution in [2.75, 3.05) is 32.8 Å². The van der Waals surface area contributed by atoms with Crippen LogP contribution in [-0.2, 0) is 9.47 Å². The minimum Gasteiger partial charge on any atom is -0.347 e. The zero-order valence-corrected chi connectivity index (χ0v) is 13.8. The number of likely N-dealkylation sites (N-methyl/N-ethyl adjacent to an activating group) is 1. The van der Waals surface area contributed by atoms with Gasteiger partial charge in [-0.25, -0.2) is 0 Å². The van der Waals surface area contributed by atoms with E-state index >= 15 is 0 Å². The van der Waals surface area contributed by atoms with Crippen LogP contribution in [0.5, 0.6) is 0 Å². The number of hydrogen-bond acceptors (Lipinski definition) is 4. The molecule has 0 amide bonds. The second kappa shape index (κ2) is 6.95. The lowest BCUT2D eigenvalue weighted by atomic mass is 9.84. The molecule has 1 spiro atoms. The van der Waals surface area contributed by atoms with Crippen LogP contribution in [0.15, 0.2) is 0 Å². The van der Waals surface area contributed by atoms with Crippen molar-refractivity contribution in [3.05, 3.63) is 0 Å². The molecule has 0 bridgehead atoms. The first-order valence-corrected chi connectivity index (χ1v) is 9.01. The van der Waals surface area contributed by atoms with Crippen molar-refractivity contribution in [2.45, 2.75) is 70.2 Å². The minimum absolute atomic E-state index is 0.264. The fraction of sp³-hybridized carbons (Fsp3) is 1.00. The van der Waals surface area contributed by atoms with E-state index in [1.54, 1.807) is 0 Å². The Labute approximate surface area is 129 Å². The van der Waals surface area contributed by atoms with E-state index in [2.05, 4.69) is 24.1 Å². The third kappa shape index (κ3) is 3.44. The van der Waals surface area contributed by atoms with Crippen molar-refractivity contribution in [3.8, 4) is 0 Å². The molecule has 0 radical (unpaired) electrons. The van der Waals surface area contributed by atoms with E-state index in [9.17, 15) is 0 Å². The van der Waals surface area contributed by atoms with Crippen LogP contribution in [-0.4, -0.2) is 55.6 Å². The van der Waals surface area contributed by atoms with Gasteiger partial charge < -0.3 is 14.8 Å². The number of rotatable bonds is 5. The summed E-state index contributed by atoms with van der Waals surface area (Å²) >= 11 is 0. The molecule has 3 rings (SSSR count). The highest BCUT2D eigenvalue weighted by atomic mass is 16.7. The minimum atomic E-state index is -0.264. The molecule has 2 aliphatic heterocycles. The van der Waals surface area contributed by atoms with E-state index in [-0.39, 0.29) is 5.79 Å². The van der Waals surface area contributed by atoms with Crippen molar-refractivity contribution < 1.29 is 9.47 Å². The molecular weight excluding hydrogens is 264 g/mol. The summed E-state index contributed by atoms with van der Waals surface area (Å²) in [7, 11) is 0. The van der Waals surface area contributed by atoms with Crippen LogP contribution in [0.3, 0.4) is 0 Å². The zero-order valence-electron chi connectivity index (χ0n) is 13.8. The summed E-state index contributed by atoms with van der Waals surface area (Å²) in [5, 5.41) is 3.71. The van der Waals surface area contributed by atoms with Crippen molar-refractivity contribution in [1.29, 1.82) is 0 Å². The van der Waals surface area contributed by atoms with Gasteiger partial charge in [0.25, 0.3) is 0 Å². The second-order valence-corrected chi connectivity index (χ2v) is 7.02. The maximum absolute atomic E-state index is 6.00. The lowest BCUT2D eigenvalue weighted by Gasteiger charge is -2.45. The van der Waals surface area contributed by atoms with Crippen molar-refractivity contribution in [2.24, 2.45) is 5.92 Å². The monoisotopic (exact) mass is 296 g/mol. The predicted molar refractivity (Wildman–Crippen MR) is 84.3 cm³/mol. The summed E-state index contributed by atoms with van der Waals surface area (Å²) in [6, 6.07) is 1.19. The Morgan fingerprint density at radius 3 is 2.71 bits per heavy atom. The molecule has 2 heterocycles. The molecule has 3 atom stereocenters. The molecule has 4 heteroatoms. The van der Waals surface area contributed by atoms with E-state index in [1.807, 2.05) is 0 Å². The summed E-state index contributed by atoms with van der Waals surface area (Å²) in [5.74, 6) is 0.639. The first-order valence-electron chi connectivity index (χ1n) is 9.01. The Kier molecular flexibility index (Phi) is 5.20. The van der Waals surface area contributed by atoms with E-state index in [4.69, 9.17) is 9.47 Å². The molecule has 0 aromatic carbocycles. The molecule has 3 fully saturated rings. The molecule has 3 unspecified atom stereocenters. The third-order valence-corrected chi connectivity index (χ3v) is 5.58. The molecule has 122 valence electrons. The average Bonchev–Trinajstić information content (AvgIpc) is 3.12. The van der Waals surface area contributed by atoms with Crippen molar-refractivity contribution >= 4 is 0 Å². The second-order valence-electron chi connectivity index (χ2n) is 7.02. The average molecular weight is 296 g/mol. The predicted octanol–water partition coefficient (Wildman–Crippen LogP) is 2.38. The van der Waals surface area contributed by atoms with Gasteiger partial charge in [-0.15, -0.1) is 0 Å². The molecule has 1 N–H and O–H groups in total. The molecule has 0 aromatic rings. The maximum atomic E-state index is 6.00. The highest BCUT2D eigenvalue weighted by molar-refractivity contribution is 4.98. The molecule has 1 saturated carbocycles. The normalized spacial score (nSPS) is 36.6. The van der Waals surface area contributed by atoms with E-state index in [0.717, 1.165) is 38.5 Å². The maximum Gasteiger partial charge on any atom is 0.170 e. The lowest BCUT2D eigenvalue weighted by molar-refractivity contribution is -0.192. The van der Waals surface area contributed by atoms with Crippen LogP contribution in [0, 0.1) is 5.92 Å². The lowest BCUT2D eigenvalue weighted by Crippen LogP contribution is -2.57. The van der Waals surface area contributed by atoms with Crippen molar-refractivity contribution in [1.82, 2.24) is 10.2 Å². The Balaban J connectivity index is 1.66. The molecule has 2 saturated heterocycles. The summed E-state index contributed by atoms with van der Waals surface area (Å²) in [6.07, 6.45) is 7.34. The molecule has 0 aromatic heterocycles. The quantitative estimate of drug-likeness (QED) is 0.844. The van der Waals surface area contributed by atoms with Crippen LogP contribution >= 0.6 is 0 Å². The van der Waals surface area contributed by atoms with E-state index in [1.165, 1.54) is 38.8 Å². The standard InChI is InChI=1S/C17H32N2O2/c1-3-5-14-7-9-19(13-14)16-12-17(20-10-11-21-17)8-6-15(16)18-4-2/h14-16,18H,3-13H2,1-2H3. The number of nitrogens with zero attached hydrogens (tertiary/aromatic N) is 1. The highest BCUT2D eigenvalue weighted by Crippen LogP contribution is 2.39. The Bertz CT molecular complexity index is 331. The van der Waals surface area contributed by atoms with Crippen LogP contribution in [0.2, 0.25) is 0 Å². The molecule has 21 heavy (non-hydrogen) atoms. The Morgan fingerprint density at radius 2 is 2.00 bits per heavy atom. The van der Waals surface area contributed by atoms with Gasteiger partial charge in [0.2, 0.25) is 0 Å². The first kappa shape index (κ1) is 15.7. The number of ether oxygens (including phenoxy) is 2. The smallest absolute Gasteiger partial charge is 0.170 e. The van der Waals surface area contributed by atoms with Gasteiger partial charge in [0.05, 0.1) is 13.2 Å². The highest BCUT2D eigenvalue weighted by Gasteiger charge is 2.47. The first-order chi connectivity index (χ1) is 10.3. The van der Waals surface area contributed by atoms with Gasteiger partial charge in [-0.2, -0.15) is 0 Å². The van der Waals surface area contributed by atoms with Crippen LogP contribution < -0.4 is 5.32 Å². The molecule has 4 nitrogen and oxygen atoms in total. The fourth-order valence-electron chi connectivity index (χ4n) is 4.58. The fourth-order valence-corrected chi connectivity index (χ4v) is 4.58. The molecule has 1 aliphatic carbocycles. The van der Waals surface area contributed by atoms with Gasteiger partial charge in [0, 0.05) is 31.5 Å². The topological polar surface area (TPSA) is 33.7 Å². The summed E-state index contributed by atoms with van der Waals surface area (Å²) < 4.78 is 12.0. The Hall–Kier alpha value is -0.160. The van der Waals surface area contributed by atoms with Crippen LogP contribution in [0.1, 0.15) is 52.4 Å². The summed E-state index contributed by atoms with van der Waals surface area (Å²) in [6.45, 7) is 9.66. The van der Waals surface area contributed by atoms with E-state index < -0.39 is 0 Å². The van der Waals surface area contributed by atoms with Gasteiger partial charge in [-0.05, 0) is 38.3 Å². The number of nitrogens with one attached hydrogen (secondary N) is 1. The molecular formula is C17H32N2O2. The van der Waals surface area contributed by atoms with Crippen molar-refractivity contribution in [3.63, 3.8) is 0 Å². The van der Waals surface area contributed by atoms with Gasteiger partial charge in [0.15, 0.2) is 5.79 Å². The van der Waals surface area contributed by atoms with Crippen LogP contribution in [0.25, 0.3) is 0 Å². The number of hydrogen-bond donors (Lipinski definition) is 1. The Morgan fingerprint density at radius 1 is 1.19 bits per heavy atom. The summed E-state index contributed by atoms with van der Waals surface area (Å²) in [5.41, 5.74) is 0. The SMILES string of the molecule is CCCC1CCN(C2CC3(CCC2NCC)OCCO3)C1. The van der Waals surface area contributed by atoms with Crippen LogP contribution in [0.4, 0.5) is 0 Å². The third-order valence-electron chi connectivity index (χ3n) is 5.58. The molecule has 3 aliphatic rings. The number of likely N-dealkylation sites (tertiary alicyclic amines) is 1. The van der Waals surface area contributed by atoms with Gasteiger partial charge in [-0.3, -0.25) is 4.90 Å². The van der Waals surface area contributed by atoms with E-state index in [0.29, 0.717) is 12.1 Å². The zero-order chi connectivity index (χ0) is 14.7. The summed E-state index contributed by atoms with van der Waals surface area (Å²) in [4.78, 5) is 2.72. The van der Waals surface area contributed by atoms with Gasteiger partial charge >= 0.3 is 0 Å². The largest absolute Gasteiger partial charge is 0.347 e.